The van der Waals surface area contributed by atoms with Crippen molar-refractivity contribution in [2.75, 3.05) is 6.61 Å². The summed E-state index contributed by atoms with van der Waals surface area (Å²) in [7, 11) is 0. The molecular formula is C13H14BrFO4. The van der Waals surface area contributed by atoms with E-state index >= 15 is 0 Å². The average Bonchev–Trinajstić information content (AvgIpc) is 2.33. The van der Waals surface area contributed by atoms with E-state index < -0.39 is 23.2 Å². The highest BCUT2D eigenvalue weighted by molar-refractivity contribution is 9.10. The molecule has 0 aliphatic carbocycles. The van der Waals surface area contributed by atoms with Crippen molar-refractivity contribution in [3.05, 3.63) is 34.1 Å². The number of benzene rings is 1. The van der Waals surface area contributed by atoms with Gasteiger partial charge in [-0.05, 0) is 37.6 Å². The number of ether oxygens (including phenoxy) is 1. The maximum absolute atomic E-state index is 13.2. The molecule has 1 atom stereocenters. The van der Waals surface area contributed by atoms with Crippen LogP contribution in [-0.2, 0) is 20.7 Å². The number of hydrogen-bond donors (Lipinski definition) is 1. The van der Waals surface area contributed by atoms with E-state index in [0.717, 1.165) is 0 Å². The first kappa shape index (κ1) is 15.6. The molecule has 1 rings (SSSR count). The molecular weight excluding hydrogens is 319 g/mol. The van der Waals surface area contributed by atoms with Crippen molar-refractivity contribution in [2.24, 2.45) is 5.41 Å². The highest BCUT2D eigenvalue weighted by Gasteiger charge is 2.43. The van der Waals surface area contributed by atoms with Gasteiger partial charge in [-0.3, -0.25) is 9.59 Å². The Bertz CT molecular complexity index is 503. The summed E-state index contributed by atoms with van der Waals surface area (Å²) in [6.07, 6.45) is -0.153. The normalized spacial score (nSPS) is 13.7. The Balaban J connectivity index is 3.12. The Kier molecular flexibility index (Phi) is 5.05. The molecule has 19 heavy (non-hydrogen) atoms. The van der Waals surface area contributed by atoms with Crippen LogP contribution in [0.2, 0.25) is 0 Å². The van der Waals surface area contributed by atoms with Crippen molar-refractivity contribution in [1.82, 2.24) is 0 Å². The molecule has 0 spiro atoms. The van der Waals surface area contributed by atoms with Crippen LogP contribution in [0.5, 0.6) is 0 Å². The van der Waals surface area contributed by atoms with Gasteiger partial charge in [-0.15, -0.1) is 0 Å². The Morgan fingerprint density at radius 2 is 2.11 bits per heavy atom. The van der Waals surface area contributed by atoms with Gasteiger partial charge in [0.2, 0.25) is 0 Å². The molecule has 1 unspecified atom stereocenters. The quantitative estimate of drug-likeness (QED) is 0.665. The summed E-state index contributed by atoms with van der Waals surface area (Å²) in [6.45, 7) is 2.95. The largest absolute Gasteiger partial charge is 0.480 e. The fourth-order valence-corrected chi connectivity index (χ4v) is 1.97. The number of carboxylic acid groups (broad SMARTS) is 1. The Morgan fingerprint density at radius 1 is 1.47 bits per heavy atom. The third-order valence-electron chi connectivity index (χ3n) is 2.75. The molecule has 0 bridgehead atoms. The van der Waals surface area contributed by atoms with Crippen LogP contribution in [0.4, 0.5) is 4.39 Å². The van der Waals surface area contributed by atoms with E-state index in [9.17, 15) is 19.1 Å². The molecule has 0 amide bonds. The smallest absolute Gasteiger partial charge is 0.323 e. The van der Waals surface area contributed by atoms with E-state index in [4.69, 9.17) is 4.74 Å². The highest BCUT2D eigenvalue weighted by Crippen LogP contribution is 2.29. The zero-order chi connectivity index (χ0) is 14.6. The third-order valence-corrected chi connectivity index (χ3v) is 3.52. The second-order valence-corrected chi connectivity index (χ2v) is 5.12. The van der Waals surface area contributed by atoms with Crippen molar-refractivity contribution in [2.45, 2.75) is 20.3 Å². The molecule has 4 nitrogen and oxygen atoms in total. The van der Waals surface area contributed by atoms with Crippen molar-refractivity contribution in [3.63, 3.8) is 0 Å². The van der Waals surface area contributed by atoms with Crippen molar-refractivity contribution in [1.29, 1.82) is 0 Å². The van der Waals surface area contributed by atoms with Crippen molar-refractivity contribution in [3.8, 4) is 0 Å². The lowest BCUT2D eigenvalue weighted by molar-refractivity contribution is -0.167. The van der Waals surface area contributed by atoms with Gasteiger partial charge in [-0.1, -0.05) is 15.9 Å². The molecule has 104 valence electrons. The van der Waals surface area contributed by atoms with E-state index in [1.807, 2.05) is 0 Å². The molecule has 0 aromatic heterocycles. The van der Waals surface area contributed by atoms with Crippen LogP contribution < -0.4 is 0 Å². The van der Waals surface area contributed by atoms with Crippen LogP contribution in [0.25, 0.3) is 0 Å². The molecule has 0 aliphatic rings. The topological polar surface area (TPSA) is 63.6 Å². The maximum Gasteiger partial charge on any atom is 0.323 e. The predicted octanol–water partition coefficient (Wildman–Crippen LogP) is 2.78. The van der Waals surface area contributed by atoms with Crippen LogP contribution in [0.1, 0.15) is 19.4 Å². The number of esters is 1. The van der Waals surface area contributed by atoms with Crippen molar-refractivity contribution >= 4 is 27.9 Å². The maximum atomic E-state index is 13.2. The van der Waals surface area contributed by atoms with Gasteiger partial charge in [0.15, 0.2) is 5.41 Å². The van der Waals surface area contributed by atoms with E-state index in [1.165, 1.54) is 25.1 Å². The monoisotopic (exact) mass is 332 g/mol. The minimum absolute atomic E-state index is 0.0893. The number of halogens is 2. The molecule has 0 saturated carbocycles. The highest BCUT2D eigenvalue weighted by atomic mass is 79.9. The summed E-state index contributed by atoms with van der Waals surface area (Å²) in [6, 6.07) is 3.92. The van der Waals surface area contributed by atoms with Gasteiger partial charge in [0.05, 0.1) is 6.61 Å². The molecule has 1 aromatic rings. The summed E-state index contributed by atoms with van der Waals surface area (Å²) in [5.41, 5.74) is -1.34. The number of carboxylic acids is 1. The zero-order valence-electron chi connectivity index (χ0n) is 10.6. The van der Waals surface area contributed by atoms with Crippen LogP contribution in [0.3, 0.4) is 0 Å². The van der Waals surface area contributed by atoms with Crippen molar-refractivity contribution < 1.29 is 23.8 Å². The van der Waals surface area contributed by atoms with E-state index in [1.54, 1.807) is 6.92 Å². The summed E-state index contributed by atoms with van der Waals surface area (Å²) in [4.78, 5) is 23.1. The molecule has 1 aromatic carbocycles. The van der Waals surface area contributed by atoms with Gasteiger partial charge < -0.3 is 9.84 Å². The first-order valence-corrected chi connectivity index (χ1v) is 6.45. The van der Waals surface area contributed by atoms with Gasteiger partial charge in [-0.25, -0.2) is 4.39 Å². The Morgan fingerprint density at radius 3 is 2.63 bits per heavy atom. The molecule has 0 saturated heterocycles. The number of aliphatic carboxylic acids is 1. The summed E-state index contributed by atoms with van der Waals surface area (Å²) in [5.74, 6) is -2.63. The summed E-state index contributed by atoms with van der Waals surface area (Å²) < 4.78 is 18.5. The fourth-order valence-electron chi connectivity index (χ4n) is 1.59. The van der Waals surface area contributed by atoms with Gasteiger partial charge >= 0.3 is 11.9 Å². The second-order valence-electron chi connectivity index (χ2n) is 4.27. The molecule has 0 radical (unpaired) electrons. The average molecular weight is 333 g/mol. The molecule has 1 N–H and O–H groups in total. The van der Waals surface area contributed by atoms with E-state index in [0.29, 0.717) is 10.0 Å². The van der Waals surface area contributed by atoms with Crippen LogP contribution in [-0.4, -0.2) is 23.7 Å². The Hall–Kier alpha value is -1.43. The minimum atomic E-state index is -1.74. The number of carbonyl (C=O) groups is 2. The van der Waals surface area contributed by atoms with Gasteiger partial charge in [0.1, 0.15) is 5.82 Å². The molecule has 0 aliphatic heterocycles. The molecule has 0 heterocycles. The molecule has 6 heteroatoms. The SMILES string of the molecule is CCOC(=O)C(C)(Cc1cc(F)ccc1Br)C(=O)O. The lowest BCUT2D eigenvalue weighted by Crippen LogP contribution is -2.40. The van der Waals surface area contributed by atoms with Gasteiger partial charge in [0.25, 0.3) is 0 Å². The van der Waals surface area contributed by atoms with E-state index in [-0.39, 0.29) is 13.0 Å². The van der Waals surface area contributed by atoms with Crippen LogP contribution >= 0.6 is 15.9 Å². The second kappa shape index (κ2) is 6.14. The van der Waals surface area contributed by atoms with E-state index in [2.05, 4.69) is 15.9 Å². The first-order valence-electron chi connectivity index (χ1n) is 5.65. The van der Waals surface area contributed by atoms with Gasteiger partial charge in [0, 0.05) is 10.9 Å². The molecule has 0 fully saturated rings. The standard InChI is InChI=1S/C13H14BrFO4/c1-3-19-12(18)13(2,11(16)17)7-8-6-9(15)4-5-10(8)14/h4-6H,3,7H2,1-2H3,(H,16,17). The Labute approximate surface area is 118 Å². The zero-order valence-corrected chi connectivity index (χ0v) is 12.2. The van der Waals surface area contributed by atoms with Gasteiger partial charge in [-0.2, -0.15) is 0 Å². The third kappa shape index (κ3) is 3.53. The number of hydrogen-bond acceptors (Lipinski definition) is 3. The number of carbonyl (C=O) groups excluding carboxylic acids is 1. The minimum Gasteiger partial charge on any atom is -0.480 e. The lowest BCUT2D eigenvalue weighted by Gasteiger charge is -2.23. The fraction of sp³-hybridized carbons (Fsp3) is 0.385. The lowest BCUT2D eigenvalue weighted by atomic mass is 9.83. The number of rotatable bonds is 5. The predicted molar refractivity (Wildman–Crippen MR) is 70.2 cm³/mol. The summed E-state index contributed by atoms with van der Waals surface area (Å²) in [5, 5.41) is 9.24. The first-order chi connectivity index (χ1) is 8.81. The van der Waals surface area contributed by atoms with Crippen LogP contribution in [0, 0.1) is 11.2 Å². The summed E-state index contributed by atoms with van der Waals surface area (Å²) >= 11 is 3.21. The van der Waals surface area contributed by atoms with Crippen LogP contribution in [0.15, 0.2) is 22.7 Å².